The summed E-state index contributed by atoms with van der Waals surface area (Å²) in [5, 5.41) is 17.4. The minimum absolute atomic E-state index is 0.109. The summed E-state index contributed by atoms with van der Waals surface area (Å²) in [6, 6.07) is 12.1. The number of nitrogens with one attached hydrogen (secondary N) is 1. The highest BCUT2D eigenvalue weighted by atomic mass is 35.5. The van der Waals surface area contributed by atoms with E-state index in [-0.39, 0.29) is 18.2 Å². The number of hydrogen-bond acceptors (Lipinski definition) is 5. The second-order valence-corrected chi connectivity index (χ2v) is 9.60. The van der Waals surface area contributed by atoms with Gasteiger partial charge in [-0.05, 0) is 54.8 Å². The van der Waals surface area contributed by atoms with E-state index < -0.39 is 26.3 Å². The Morgan fingerprint density at radius 3 is 2.39 bits per heavy atom. The minimum Gasteiger partial charge on any atom is -0.306 e. The molecule has 3 rings (SSSR count). The van der Waals surface area contributed by atoms with E-state index in [0.29, 0.717) is 30.0 Å². The van der Waals surface area contributed by atoms with Crippen LogP contribution in [0.3, 0.4) is 0 Å². The number of sulfone groups is 1. The van der Waals surface area contributed by atoms with Gasteiger partial charge in [0, 0.05) is 23.0 Å². The molecule has 0 aliphatic carbocycles. The lowest BCUT2D eigenvalue weighted by molar-refractivity contribution is -0.0436. The van der Waals surface area contributed by atoms with Gasteiger partial charge in [-0.25, -0.2) is 18.2 Å². The van der Waals surface area contributed by atoms with E-state index in [2.05, 4.69) is 16.5 Å². The third kappa shape index (κ3) is 5.64. The van der Waals surface area contributed by atoms with E-state index in [4.69, 9.17) is 16.9 Å². The molecule has 1 unspecified atom stereocenters. The fourth-order valence-electron chi connectivity index (χ4n) is 3.28. The van der Waals surface area contributed by atoms with Crippen molar-refractivity contribution in [3.8, 4) is 6.07 Å². The highest BCUT2D eigenvalue weighted by Crippen LogP contribution is 2.31. The first-order valence-corrected chi connectivity index (χ1v) is 11.6. The molecule has 1 atom stereocenters. The average molecular weight is 499 g/mol. The van der Waals surface area contributed by atoms with Gasteiger partial charge in [0.25, 0.3) is 9.84 Å². The molecule has 1 heterocycles. The van der Waals surface area contributed by atoms with Gasteiger partial charge in [0.2, 0.25) is 0 Å². The molecule has 0 aromatic heterocycles. The van der Waals surface area contributed by atoms with Gasteiger partial charge in [-0.2, -0.15) is 23.5 Å². The normalized spacial score (nSPS) is 16.3. The summed E-state index contributed by atoms with van der Waals surface area (Å²) in [5.74, 6) is -0.121. The lowest BCUT2D eigenvalue weighted by Gasteiger charge is -2.15. The second kappa shape index (κ2) is 9.80. The van der Waals surface area contributed by atoms with Crippen LogP contribution in [0, 0.1) is 17.2 Å². The predicted octanol–water partition coefficient (Wildman–Crippen LogP) is 5.20. The van der Waals surface area contributed by atoms with Crippen LogP contribution in [0.1, 0.15) is 24.8 Å². The quantitative estimate of drug-likeness (QED) is 0.553. The Morgan fingerprint density at radius 2 is 1.82 bits per heavy atom. The van der Waals surface area contributed by atoms with E-state index in [9.17, 15) is 26.4 Å². The largest absolute Gasteiger partial charge is 0.501 e. The van der Waals surface area contributed by atoms with Crippen LogP contribution < -0.4 is 5.32 Å². The third-order valence-electron chi connectivity index (χ3n) is 4.94. The van der Waals surface area contributed by atoms with Crippen molar-refractivity contribution in [2.75, 3.05) is 11.9 Å². The zero-order valence-corrected chi connectivity index (χ0v) is 18.6. The number of carbonyl (C=O) groups is 1. The molecule has 0 fully saturated rings. The second-order valence-electron chi connectivity index (χ2n) is 7.23. The number of benzene rings is 2. The van der Waals surface area contributed by atoms with Crippen LogP contribution in [0.4, 0.5) is 23.7 Å². The van der Waals surface area contributed by atoms with Gasteiger partial charge in [0.1, 0.15) is 0 Å². The standard InChI is InChI=1S/C21H18ClF3N4O3S/c22-16-6-4-14(5-7-16)19-15(3-1-2-12-26)13-29(28-19)20(30)27-17-8-10-18(11-9-17)33(31,32)21(23,24)25/h4-11,15H,1-3,13H2,(H,27,30). The molecule has 2 aromatic carbocycles. The SMILES string of the molecule is N#CCCCC1CN(C(=O)Nc2ccc(S(=O)(=O)C(F)(F)F)cc2)N=C1c1ccc(Cl)cc1. The maximum absolute atomic E-state index is 12.7. The molecular weight excluding hydrogens is 481 g/mol. The van der Waals surface area contributed by atoms with E-state index in [1.165, 1.54) is 5.01 Å². The van der Waals surface area contributed by atoms with Crippen molar-refractivity contribution in [3.05, 3.63) is 59.1 Å². The zero-order chi connectivity index (χ0) is 24.2. The van der Waals surface area contributed by atoms with Gasteiger partial charge >= 0.3 is 11.5 Å². The highest BCUT2D eigenvalue weighted by Gasteiger charge is 2.46. The molecule has 2 amide bonds. The lowest BCUT2D eigenvalue weighted by Crippen LogP contribution is -2.30. The number of rotatable bonds is 6. The van der Waals surface area contributed by atoms with Crippen LogP contribution in [0.15, 0.2) is 58.5 Å². The van der Waals surface area contributed by atoms with Crippen molar-refractivity contribution < 1.29 is 26.4 Å². The van der Waals surface area contributed by atoms with Crippen molar-refractivity contribution in [2.45, 2.75) is 29.7 Å². The molecule has 0 spiro atoms. The zero-order valence-electron chi connectivity index (χ0n) is 17.0. The number of urea groups is 1. The number of anilines is 1. The van der Waals surface area contributed by atoms with Crippen LogP contribution in [0.5, 0.6) is 0 Å². The molecule has 0 saturated carbocycles. The average Bonchev–Trinajstić information content (AvgIpc) is 3.18. The minimum atomic E-state index is -5.47. The number of hydrogen-bond donors (Lipinski definition) is 1. The van der Waals surface area contributed by atoms with E-state index >= 15 is 0 Å². The summed E-state index contributed by atoms with van der Waals surface area (Å²) in [5.41, 5.74) is -3.87. The molecule has 1 aliphatic rings. The Kier molecular flexibility index (Phi) is 7.29. The van der Waals surface area contributed by atoms with Crippen molar-refractivity contribution in [1.82, 2.24) is 5.01 Å². The number of amides is 2. The number of carbonyl (C=O) groups excluding carboxylic acids is 1. The monoisotopic (exact) mass is 498 g/mol. The lowest BCUT2D eigenvalue weighted by atomic mass is 9.93. The Hall–Kier alpha value is -3.10. The molecule has 12 heteroatoms. The summed E-state index contributed by atoms with van der Waals surface area (Å²) in [4.78, 5) is 11.8. The van der Waals surface area contributed by atoms with Gasteiger partial charge in [-0.1, -0.05) is 23.7 Å². The number of alkyl halides is 3. The first kappa shape index (κ1) is 24.5. The smallest absolute Gasteiger partial charge is 0.306 e. The fourth-order valence-corrected chi connectivity index (χ4v) is 4.17. The Bertz CT molecular complexity index is 1190. The number of unbranched alkanes of at least 4 members (excludes halogenated alkanes) is 1. The number of halogens is 4. The van der Waals surface area contributed by atoms with E-state index in [1.807, 2.05) is 0 Å². The van der Waals surface area contributed by atoms with Crippen molar-refractivity contribution >= 4 is 38.9 Å². The maximum atomic E-state index is 12.7. The molecule has 0 saturated heterocycles. The maximum Gasteiger partial charge on any atom is 0.501 e. The highest BCUT2D eigenvalue weighted by molar-refractivity contribution is 7.92. The molecule has 7 nitrogen and oxygen atoms in total. The predicted molar refractivity (Wildman–Crippen MR) is 116 cm³/mol. The van der Waals surface area contributed by atoms with E-state index in [1.54, 1.807) is 24.3 Å². The topological polar surface area (TPSA) is 103 Å². The molecule has 2 aromatic rings. The van der Waals surface area contributed by atoms with Crippen LogP contribution in [0.2, 0.25) is 5.02 Å². The first-order valence-electron chi connectivity index (χ1n) is 9.74. The van der Waals surface area contributed by atoms with Crippen LogP contribution >= 0.6 is 11.6 Å². The Labute approximate surface area is 193 Å². The van der Waals surface area contributed by atoms with Crippen molar-refractivity contribution in [1.29, 1.82) is 5.26 Å². The molecule has 1 aliphatic heterocycles. The van der Waals surface area contributed by atoms with Crippen LogP contribution in [0.25, 0.3) is 0 Å². The van der Waals surface area contributed by atoms with Gasteiger partial charge in [0.05, 0.1) is 23.2 Å². The van der Waals surface area contributed by atoms with E-state index in [0.717, 1.165) is 29.8 Å². The van der Waals surface area contributed by atoms with Crippen molar-refractivity contribution in [2.24, 2.45) is 11.0 Å². The van der Waals surface area contributed by atoms with Crippen LogP contribution in [-0.4, -0.2) is 37.2 Å². The molecule has 0 bridgehead atoms. The molecule has 174 valence electrons. The van der Waals surface area contributed by atoms with Gasteiger partial charge in [-0.3, -0.25) is 0 Å². The summed E-state index contributed by atoms with van der Waals surface area (Å²) >= 11 is 5.94. The van der Waals surface area contributed by atoms with Gasteiger partial charge in [0.15, 0.2) is 0 Å². The Morgan fingerprint density at radius 1 is 1.18 bits per heavy atom. The summed E-state index contributed by atoms with van der Waals surface area (Å²) < 4.78 is 61.0. The Balaban J connectivity index is 1.76. The van der Waals surface area contributed by atoms with Gasteiger partial charge in [-0.15, -0.1) is 0 Å². The fraction of sp³-hybridized carbons (Fsp3) is 0.286. The summed E-state index contributed by atoms with van der Waals surface area (Å²) in [7, 11) is -5.47. The molecule has 1 N–H and O–H groups in total. The van der Waals surface area contributed by atoms with Crippen molar-refractivity contribution in [3.63, 3.8) is 0 Å². The number of nitriles is 1. The summed E-state index contributed by atoms with van der Waals surface area (Å²) in [6.07, 6.45) is 1.62. The third-order valence-corrected chi connectivity index (χ3v) is 6.70. The molecule has 33 heavy (non-hydrogen) atoms. The molecular formula is C21H18ClF3N4O3S. The van der Waals surface area contributed by atoms with Gasteiger partial charge < -0.3 is 5.32 Å². The van der Waals surface area contributed by atoms with Crippen LogP contribution in [-0.2, 0) is 9.84 Å². The number of hydrazone groups is 1. The first-order chi connectivity index (χ1) is 15.5. The number of nitrogens with zero attached hydrogens (tertiary/aromatic N) is 3. The summed E-state index contributed by atoms with van der Waals surface area (Å²) in [6.45, 7) is 0.246. The molecule has 0 radical (unpaired) electrons.